The maximum Gasteiger partial charge on any atom is 0.276 e. The number of anilines is 1. The van der Waals surface area contributed by atoms with Crippen LogP contribution in [0.2, 0.25) is 5.02 Å². The van der Waals surface area contributed by atoms with E-state index in [1.165, 1.54) is 6.42 Å². The Bertz CT molecular complexity index is 1230. The first-order valence-electron chi connectivity index (χ1n) is 10.3. The second-order valence-electron chi connectivity index (χ2n) is 7.53. The summed E-state index contributed by atoms with van der Waals surface area (Å²) in [5.41, 5.74) is 2.61. The zero-order valence-corrected chi connectivity index (χ0v) is 17.6. The molecular weight excluding hydrogens is 412 g/mol. The third kappa shape index (κ3) is 3.96. The Labute approximate surface area is 184 Å². The number of aromatic nitrogens is 5. The highest BCUT2D eigenvalue weighted by Gasteiger charge is 2.19. The standard InChI is InChI=1S/C23H21ClN6O/c24-19-11-10-16(15-18(19)22-27-26-21-9-5-2-6-13-29(21)22)25-23(31)20-12-14-30(28-20)17-7-3-1-4-8-17/h1,3-4,7-8,10-12,14-15H,2,5-6,9,13H2,(H,25,31). The van der Waals surface area contributed by atoms with E-state index in [4.69, 9.17) is 11.6 Å². The van der Waals surface area contributed by atoms with Gasteiger partial charge in [-0.05, 0) is 49.2 Å². The van der Waals surface area contributed by atoms with Gasteiger partial charge >= 0.3 is 0 Å². The number of rotatable bonds is 4. The highest BCUT2D eigenvalue weighted by molar-refractivity contribution is 6.33. The van der Waals surface area contributed by atoms with Gasteiger partial charge in [-0.2, -0.15) is 5.10 Å². The van der Waals surface area contributed by atoms with Crippen LogP contribution in [0, 0.1) is 0 Å². The summed E-state index contributed by atoms with van der Waals surface area (Å²) in [6.45, 7) is 0.876. The molecule has 1 aliphatic rings. The van der Waals surface area contributed by atoms with Gasteiger partial charge in [-0.1, -0.05) is 36.2 Å². The van der Waals surface area contributed by atoms with E-state index in [2.05, 4.69) is 25.2 Å². The number of carbonyl (C=O) groups is 1. The quantitative estimate of drug-likeness (QED) is 0.504. The molecule has 0 saturated heterocycles. The summed E-state index contributed by atoms with van der Waals surface area (Å²) in [7, 11) is 0. The molecule has 1 N–H and O–H groups in total. The predicted octanol–water partition coefficient (Wildman–Crippen LogP) is 4.76. The second kappa shape index (κ2) is 8.35. The third-order valence-electron chi connectivity index (χ3n) is 5.42. The fraction of sp³-hybridized carbons (Fsp3) is 0.217. The molecule has 0 atom stereocenters. The molecule has 3 heterocycles. The van der Waals surface area contributed by atoms with Crippen molar-refractivity contribution in [2.45, 2.75) is 32.2 Å². The van der Waals surface area contributed by atoms with Gasteiger partial charge in [0.2, 0.25) is 0 Å². The summed E-state index contributed by atoms with van der Waals surface area (Å²) < 4.78 is 3.81. The van der Waals surface area contributed by atoms with E-state index in [1.54, 1.807) is 29.1 Å². The molecule has 1 amide bonds. The number of hydrogen-bond acceptors (Lipinski definition) is 4. The van der Waals surface area contributed by atoms with E-state index in [0.717, 1.165) is 48.7 Å². The number of aryl methyl sites for hydroxylation is 1. The molecule has 5 rings (SSSR count). The predicted molar refractivity (Wildman–Crippen MR) is 120 cm³/mol. The molecule has 0 saturated carbocycles. The van der Waals surface area contributed by atoms with Crippen LogP contribution in [0.4, 0.5) is 5.69 Å². The number of amides is 1. The fourth-order valence-corrected chi connectivity index (χ4v) is 4.03. The lowest BCUT2D eigenvalue weighted by atomic mass is 10.1. The van der Waals surface area contributed by atoms with Gasteiger partial charge in [0.1, 0.15) is 5.82 Å². The SMILES string of the molecule is O=C(Nc1ccc(Cl)c(-c2nnc3n2CCCCC3)c1)c1ccn(-c2ccccc2)n1. The van der Waals surface area contributed by atoms with E-state index < -0.39 is 0 Å². The molecular formula is C23H21ClN6O. The van der Waals surface area contributed by atoms with Crippen LogP contribution in [0.1, 0.15) is 35.6 Å². The zero-order valence-electron chi connectivity index (χ0n) is 16.8. The molecule has 31 heavy (non-hydrogen) atoms. The van der Waals surface area contributed by atoms with E-state index in [1.807, 2.05) is 36.4 Å². The van der Waals surface area contributed by atoms with Crippen LogP contribution < -0.4 is 5.32 Å². The van der Waals surface area contributed by atoms with Crippen molar-refractivity contribution in [3.8, 4) is 17.1 Å². The molecule has 7 nitrogen and oxygen atoms in total. The molecule has 2 aromatic carbocycles. The van der Waals surface area contributed by atoms with Crippen LogP contribution in [0.5, 0.6) is 0 Å². The summed E-state index contributed by atoms with van der Waals surface area (Å²) >= 11 is 6.49. The minimum atomic E-state index is -0.289. The van der Waals surface area contributed by atoms with E-state index in [0.29, 0.717) is 16.4 Å². The van der Waals surface area contributed by atoms with Crippen LogP contribution in [-0.2, 0) is 13.0 Å². The largest absolute Gasteiger partial charge is 0.321 e. The van der Waals surface area contributed by atoms with E-state index in [-0.39, 0.29) is 5.91 Å². The van der Waals surface area contributed by atoms with Crippen molar-refractivity contribution in [2.75, 3.05) is 5.32 Å². The lowest BCUT2D eigenvalue weighted by Crippen LogP contribution is -2.13. The average molecular weight is 433 g/mol. The Hall–Kier alpha value is -3.45. The van der Waals surface area contributed by atoms with Crippen LogP contribution in [0.25, 0.3) is 17.1 Å². The number of carbonyl (C=O) groups excluding carboxylic acids is 1. The van der Waals surface area contributed by atoms with Crippen molar-refractivity contribution in [1.29, 1.82) is 0 Å². The monoisotopic (exact) mass is 432 g/mol. The molecule has 156 valence electrons. The lowest BCUT2D eigenvalue weighted by molar-refractivity contribution is 0.102. The van der Waals surface area contributed by atoms with Gasteiger partial charge in [0.05, 0.1) is 10.7 Å². The number of halogens is 1. The topological polar surface area (TPSA) is 77.6 Å². The van der Waals surface area contributed by atoms with Crippen LogP contribution >= 0.6 is 11.6 Å². The van der Waals surface area contributed by atoms with Crippen molar-refractivity contribution in [2.24, 2.45) is 0 Å². The van der Waals surface area contributed by atoms with E-state index >= 15 is 0 Å². The number of nitrogens with zero attached hydrogens (tertiary/aromatic N) is 5. The fourth-order valence-electron chi connectivity index (χ4n) is 3.82. The Kier molecular flexibility index (Phi) is 5.26. The van der Waals surface area contributed by atoms with Gasteiger partial charge in [0.15, 0.2) is 11.5 Å². The molecule has 0 bridgehead atoms. The molecule has 0 spiro atoms. The third-order valence-corrected chi connectivity index (χ3v) is 5.75. The molecule has 1 aliphatic heterocycles. The summed E-state index contributed by atoms with van der Waals surface area (Å²) in [5, 5.41) is 16.6. The van der Waals surface area contributed by atoms with Crippen molar-refractivity contribution in [1.82, 2.24) is 24.5 Å². The Morgan fingerprint density at radius 1 is 1.00 bits per heavy atom. The van der Waals surface area contributed by atoms with Gasteiger partial charge in [-0.15, -0.1) is 10.2 Å². The maximum absolute atomic E-state index is 12.8. The lowest BCUT2D eigenvalue weighted by Gasteiger charge is -2.11. The maximum atomic E-state index is 12.8. The first-order chi connectivity index (χ1) is 15.2. The smallest absolute Gasteiger partial charge is 0.276 e. The molecule has 4 aromatic rings. The van der Waals surface area contributed by atoms with Crippen LogP contribution in [-0.4, -0.2) is 30.5 Å². The van der Waals surface area contributed by atoms with Gasteiger partial charge in [-0.25, -0.2) is 4.68 Å². The molecule has 0 fully saturated rings. The molecule has 8 heteroatoms. The zero-order chi connectivity index (χ0) is 21.2. The molecule has 2 aromatic heterocycles. The minimum absolute atomic E-state index is 0.289. The van der Waals surface area contributed by atoms with Gasteiger partial charge in [0, 0.05) is 30.4 Å². The second-order valence-corrected chi connectivity index (χ2v) is 7.94. The number of fused-ring (bicyclic) bond motifs is 1. The first kappa shape index (κ1) is 19.5. The van der Waals surface area contributed by atoms with E-state index in [9.17, 15) is 4.79 Å². The number of benzene rings is 2. The summed E-state index contributed by atoms with van der Waals surface area (Å²) in [5.74, 6) is 1.44. The van der Waals surface area contributed by atoms with Gasteiger partial charge < -0.3 is 9.88 Å². The number of nitrogens with one attached hydrogen (secondary N) is 1. The number of hydrogen-bond donors (Lipinski definition) is 1. The Balaban J connectivity index is 1.40. The molecule has 0 radical (unpaired) electrons. The normalized spacial score (nSPS) is 13.5. The Morgan fingerprint density at radius 2 is 1.87 bits per heavy atom. The number of para-hydroxylation sites is 1. The van der Waals surface area contributed by atoms with Crippen molar-refractivity contribution in [3.05, 3.63) is 77.3 Å². The van der Waals surface area contributed by atoms with Gasteiger partial charge in [-0.3, -0.25) is 4.79 Å². The van der Waals surface area contributed by atoms with Crippen molar-refractivity contribution in [3.63, 3.8) is 0 Å². The Morgan fingerprint density at radius 3 is 2.74 bits per heavy atom. The summed E-state index contributed by atoms with van der Waals surface area (Å²) in [6.07, 6.45) is 6.09. The first-order valence-corrected chi connectivity index (χ1v) is 10.7. The highest BCUT2D eigenvalue weighted by atomic mass is 35.5. The molecule has 0 unspecified atom stereocenters. The van der Waals surface area contributed by atoms with Crippen molar-refractivity contribution >= 4 is 23.2 Å². The van der Waals surface area contributed by atoms with Gasteiger partial charge in [0.25, 0.3) is 5.91 Å². The summed E-state index contributed by atoms with van der Waals surface area (Å²) in [4.78, 5) is 12.8. The van der Waals surface area contributed by atoms with Crippen LogP contribution in [0.3, 0.4) is 0 Å². The molecule has 0 aliphatic carbocycles. The van der Waals surface area contributed by atoms with Crippen LogP contribution in [0.15, 0.2) is 60.8 Å². The summed E-state index contributed by atoms with van der Waals surface area (Å²) in [6, 6.07) is 16.7. The average Bonchev–Trinajstić information content (AvgIpc) is 3.38. The highest BCUT2D eigenvalue weighted by Crippen LogP contribution is 2.31. The van der Waals surface area contributed by atoms with Crippen molar-refractivity contribution < 1.29 is 4.79 Å². The minimum Gasteiger partial charge on any atom is -0.321 e.